The van der Waals surface area contributed by atoms with Crippen molar-refractivity contribution in [2.45, 2.75) is 6.04 Å². The van der Waals surface area contributed by atoms with Gasteiger partial charge < -0.3 is 20.3 Å². The number of likely N-dealkylation sites (N-methyl/N-ethyl adjacent to an activating group) is 1. The van der Waals surface area contributed by atoms with E-state index in [4.69, 9.17) is 4.74 Å². The fourth-order valence-corrected chi connectivity index (χ4v) is 3.05. The van der Waals surface area contributed by atoms with E-state index in [-0.39, 0.29) is 5.91 Å². The first kappa shape index (κ1) is 17.4. The van der Waals surface area contributed by atoms with Gasteiger partial charge in [0.15, 0.2) is 0 Å². The molecule has 3 rings (SSSR count). The Balaban J connectivity index is 1.51. The van der Waals surface area contributed by atoms with Crippen LogP contribution in [-0.2, 0) is 19.1 Å². The molecule has 0 radical (unpaired) electrons. The van der Waals surface area contributed by atoms with Crippen molar-refractivity contribution < 1.29 is 19.1 Å². The van der Waals surface area contributed by atoms with Crippen molar-refractivity contribution >= 4 is 23.4 Å². The molecule has 25 heavy (non-hydrogen) atoms. The molecular formula is C17H22N4O4. The third kappa shape index (κ3) is 3.80. The van der Waals surface area contributed by atoms with Crippen LogP contribution in [0.1, 0.15) is 11.6 Å². The molecule has 2 heterocycles. The highest BCUT2D eigenvalue weighted by Crippen LogP contribution is 2.34. The van der Waals surface area contributed by atoms with E-state index in [0.717, 1.165) is 18.8 Å². The average molecular weight is 346 g/mol. The summed E-state index contributed by atoms with van der Waals surface area (Å²) in [5.74, 6) is -1.78. The van der Waals surface area contributed by atoms with E-state index >= 15 is 0 Å². The quantitative estimate of drug-likeness (QED) is 0.702. The van der Waals surface area contributed by atoms with E-state index in [1.54, 1.807) is 19.2 Å². The summed E-state index contributed by atoms with van der Waals surface area (Å²) in [5, 5.41) is 5.12. The first-order valence-electron chi connectivity index (χ1n) is 8.33. The molecule has 0 spiro atoms. The highest BCUT2D eigenvalue weighted by atomic mass is 16.5. The van der Waals surface area contributed by atoms with Crippen LogP contribution in [0.3, 0.4) is 0 Å². The number of nitrogens with one attached hydrogen (secondary N) is 2. The molecule has 8 nitrogen and oxygen atoms in total. The normalized spacial score (nSPS) is 20.3. The number of carbonyl (C=O) groups excluding carboxylic acids is 3. The molecule has 1 saturated heterocycles. The zero-order chi connectivity index (χ0) is 17.8. The highest BCUT2D eigenvalue weighted by Gasteiger charge is 2.36. The van der Waals surface area contributed by atoms with Gasteiger partial charge in [0.1, 0.15) is 6.04 Å². The maximum atomic E-state index is 12.3. The van der Waals surface area contributed by atoms with Gasteiger partial charge in [-0.25, -0.2) is 0 Å². The minimum Gasteiger partial charge on any atom is -0.379 e. The second-order valence-electron chi connectivity index (χ2n) is 6.07. The van der Waals surface area contributed by atoms with Crippen LogP contribution in [0.5, 0.6) is 0 Å². The van der Waals surface area contributed by atoms with Crippen LogP contribution in [-0.4, -0.2) is 69.1 Å². The van der Waals surface area contributed by atoms with E-state index in [9.17, 15) is 14.4 Å². The van der Waals surface area contributed by atoms with Gasteiger partial charge in [0.05, 0.1) is 13.2 Å². The number of morpholine rings is 1. The number of nitrogens with zero attached hydrogens (tertiary/aromatic N) is 2. The summed E-state index contributed by atoms with van der Waals surface area (Å²) in [7, 11) is 1.65. The second-order valence-corrected chi connectivity index (χ2v) is 6.07. The Hall–Kier alpha value is -2.45. The van der Waals surface area contributed by atoms with Gasteiger partial charge in [0, 0.05) is 44.5 Å². The molecule has 134 valence electrons. The topological polar surface area (TPSA) is 91.0 Å². The summed E-state index contributed by atoms with van der Waals surface area (Å²) < 4.78 is 5.26. The van der Waals surface area contributed by atoms with E-state index in [2.05, 4.69) is 15.5 Å². The highest BCUT2D eigenvalue weighted by molar-refractivity contribution is 6.35. The third-order valence-electron chi connectivity index (χ3n) is 4.49. The summed E-state index contributed by atoms with van der Waals surface area (Å²) in [6.07, 6.45) is 0. The van der Waals surface area contributed by atoms with E-state index in [1.807, 2.05) is 12.1 Å². The lowest BCUT2D eigenvalue weighted by Crippen LogP contribution is -2.46. The van der Waals surface area contributed by atoms with Crippen molar-refractivity contribution in [2.75, 3.05) is 51.3 Å². The number of benzene rings is 1. The van der Waals surface area contributed by atoms with Crippen LogP contribution in [0.15, 0.2) is 24.3 Å². The lowest BCUT2D eigenvalue weighted by molar-refractivity contribution is -0.140. The Morgan fingerprint density at radius 2 is 1.92 bits per heavy atom. The van der Waals surface area contributed by atoms with Crippen molar-refractivity contribution in [2.24, 2.45) is 0 Å². The van der Waals surface area contributed by atoms with Crippen LogP contribution in [0.2, 0.25) is 0 Å². The lowest BCUT2D eigenvalue weighted by atomic mass is 10.1. The number of fused-ring (bicyclic) bond motifs is 1. The van der Waals surface area contributed by atoms with Crippen LogP contribution >= 0.6 is 0 Å². The molecule has 1 aromatic rings. The molecule has 0 unspecified atom stereocenters. The number of carbonyl (C=O) groups is 3. The van der Waals surface area contributed by atoms with E-state index < -0.39 is 17.9 Å². The second kappa shape index (κ2) is 7.62. The van der Waals surface area contributed by atoms with Gasteiger partial charge in [0.25, 0.3) is 5.91 Å². The van der Waals surface area contributed by atoms with E-state index in [1.165, 1.54) is 4.90 Å². The number of para-hydroxylation sites is 1. The SMILES string of the molecule is CN1C(=O)[C@@H](NC(=O)C(=O)NCCN2CCOCC2)c2ccccc21. The minimum absolute atomic E-state index is 0.254. The maximum absolute atomic E-state index is 12.3. The Morgan fingerprint density at radius 1 is 1.20 bits per heavy atom. The number of amides is 3. The molecule has 2 aliphatic heterocycles. The Labute approximate surface area is 146 Å². The number of rotatable bonds is 4. The fourth-order valence-electron chi connectivity index (χ4n) is 3.05. The van der Waals surface area contributed by atoms with Gasteiger partial charge >= 0.3 is 11.8 Å². The van der Waals surface area contributed by atoms with Gasteiger partial charge in [0.2, 0.25) is 0 Å². The number of anilines is 1. The van der Waals surface area contributed by atoms with Crippen LogP contribution in [0.4, 0.5) is 5.69 Å². The molecule has 2 N–H and O–H groups in total. The van der Waals surface area contributed by atoms with Gasteiger partial charge in [-0.1, -0.05) is 18.2 Å². The van der Waals surface area contributed by atoms with Crippen molar-refractivity contribution in [3.63, 3.8) is 0 Å². The molecular weight excluding hydrogens is 324 g/mol. The lowest BCUT2D eigenvalue weighted by Gasteiger charge is -2.26. The van der Waals surface area contributed by atoms with E-state index in [0.29, 0.717) is 31.9 Å². The molecule has 0 saturated carbocycles. The molecule has 0 bridgehead atoms. The summed E-state index contributed by atoms with van der Waals surface area (Å²) in [5.41, 5.74) is 1.44. The molecule has 2 aliphatic rings. The fraction of sp³-hybridized carbons (Fsp3) is 0.471. The number of hydrogen-bond donors (Lipinski definition) is 2. The predicted molar refractivity (Wildman–Crippen MR) is 91.0 cm³/mol. The smallest absolute Gasteiger partial charge is 0.310 e. The van der Waals surface area contributed by atoms with Gasteiger partial charge in [-0.2, -0.15) is 0 Å². The van der Waals surface area contributed by atoms with Gasteiger partial charge in [-0.15, -0.1) is 0 Å². The Kier molecular flexibility index (Phi) is 5.30. The summed E-state index contributed by atoms with van der Waals surface area (Å²) in [6, 6.07) is 6.39. The number of hydrogen-bond acceptors (Lipinski definition) is 5. The van der Waals surface area contributed by atoms with Crippen molar-refractivity contribution in [1.29, 1.82) is 0 Å². The Bertz CT molecular complexity index is 672. The largest absolute Gasteiger partial charge is 0.379 e. The monoisotopic (exact) mass is 346 g/mol. The summed E-state index contributed by atoms with van der Waals surface area (Å²) >= 11 is 0. The first-order chi connectivity index (χ1) is 12.1. The van der Waals surface area contributed by atoms with Crippen molar-refractivity contribution in [3.05, 3.63) is 29.8 Å². The summed E-state index contributed by atoms with van der Waals surface area (Å²) in [6.45, 7) is 4.05. The molecule has 3 amide bonds. The zero-order valence-corrected chi connectivity index (χ0v) is 14.2. The third-order valence-corrected chi connectivity index (χ3v) is 4.49. The maximum Gasteiger partial charge on any atom is 0.310 e. The predicted octanol–water partition coefficient (Wildman–Crippen LogP) is -0.731. The molecule has 1 atom stereocenters. The first-order valence-corrected chi connectivity index (χ1v) is 8.33. The van der Waals surface area contributed by atoms with Crippen LogP contribution < -0.4 is 15.5 Å². The molecule has 8 heteroatoms. The zero-order valence-electron chi connectivity index (χ0n) is 14.2. The molecule has 1 fully saturated rings. The van der Waals surface area contributed by atoms with Crippen LogP contribution in [0.25, 0.3) is 0 Å². The van der Waals surface area contributed by atoms with Crippen molar-refractivity contribution in [3.8, 4) is 0 Å². The standard InChI is InChI=1S/C17H22N4O4/c1-20-13-5-3-2-4-12(13)14(17(20)24)19-16(23)15(22)18-6-7-21-8-10-25-11-9-21/h2-5,14H,6-11H2,1H3,(H,18,22)(H,19,23)/t14-/m0/s1. The molecule has 1 aromatic carbocycles. The average Bonchev–Trinajstić information content (AvgIpc) is 2.88. The molecule has 0 aromatic heterocycles. The Morgan fingerprint density at radius 3 is 2.68 bits per heavy atom. The molecule has 0 aliphatic carbocycles. The van der Waals surface area contributed by atoms with Crippen molar-refractivity contribution in [1.82, 2.24) is 15.5 Å². The number of ether oxygens (including phenoxy) is 1. The summed E-state index contributed by atoms with van der Waals surface area (Å²) in [4.78, 5) is 40.0. The van der Waals surface area contributed by atoms with Gasteiger partial charge in [-0.05, 0) is 6.07 Å². The van der Waals surface area contributed by atoms with Gasteiger partial charge in [-0.3, -0.25) is 19.3 Å². The van der Waals surface area contributed by atoms with Crippen LogP contribution in [0, 0.1) is 0 Å². The minimum atomic E-state index is -0.821.